The number of carbonyl (C=O) groups is 1. The van der Waals surface area contributed by atoms with Crippen LogP contribution in [0.3, 0.4) is 0 Å². The Morgan fingerprint density at radius 2 is 1.58 bits per heavy atom. The zero-order valence-corrected chi connectivity index (χ0v) is 15.2. The second-order valence-electron chi connectivity index (χ2n) is 6.23. The molecule has 0 aliphatic carbocycles. The number of ketones is 1. The SMILES string of the molecule is CC(=O)c1ccc(N2CCN(c3ccc(F)cc3)CC2)c(S(N)(=O)=O)c1. The molecule has 0 bridgehead atoms. The van der Waals surface area contributed by atoms with Gasteiger partial charge in [-0.05, 0) is 49.4 Å². The van der Waals surface area contributed by atoms with Gasteiger partial charge in [-0.25, -0.2) is 17.9 Å². The van der Waals surface area contributed by atoms with E-state index in [0.29, 0.717) is 37.4 Å². The van der Waals surface area contributed by atoms with Gasteiger partial charge in [0, 0.05) is 37.4 Å². The Balaban J connectivity index is 1.83. The van der Waals surface area contributed by atoms with Gasteiger partial charge in [0.1, 0.15) is 10.7 Å². The fourth-order valence-electron chi connectivity index (χ4n) is 3.08. The molecule has 2 N–H and O–H groups in total. The third kappa shape index (κ3) is 3.86. The van der Waals surface area contributed by atoms with Gasteiger partial charge in [-0.3, -0.25) is 4.79 Å². The van der Waals surface area contributed by atoms with Crippen LogP contribution in [0.25, 0.3) is 0 Å². The molecule has 138 valence electrons. The lowest BCUT2D eigenvalue weighted by molar-refractivity contribution is 0.101. The number of sulfonamides is 1. The molecule has 0 radical (unpaired) electrons. The highest BCUT2D eigenvalue weighted by Crippen LogP contribution is 2.28. The van der Waals surface area contributed by atoms with Crippen LogP contribution in [-0.2, 0) is 10.0 Å². The summed E-state index contributed by atoms with van der Waals surface area (Å²) in [7, 11) is -3.96. The van der Waals surface area contributed by atoms with Crippen LogP contribution in [0.1, 0.15) is 17.3 Å². The average Bonchev–Trinajstić information content (AvgIpc) is 2.61. The van der Waals surface area contributed by atoms with Crippen LogP contribution in [0.4, 0.5) is 15.8 Å². The molecule has 2 aromatic carbocycles. The Hall–Kier alpha value is -2.45. The van der Waals surface area contributed by atoms with Crippen molar-refractivity contribution in [3.05, 3.63) is 53.8 Å². The number of nitrogens with two attached hydrogens (primary N) is 1. The zero-order chi connectivity index (χ0) is 18.9. The van der Waals surface area contributed by atoms with Gasteiger partial charge in [0.2, 0.25) is 10.0 Å². The Morgan fingerprint density at radius 3 is 2.12 bits per heavy atom. The third-order valence-electron chi connectivity index (χ3n) is 4.48. The molecule has 8 heteroatoms. The minimum atomic E-state index is -3.96. The van der Waals surface area contributed by atoms with Gasteiger partial charge in [-0.2, -0.15) is 0 Å². The van der Waals surface area contributed by atoms with Gasteiger partial charge in [-0.15, -0.1) is 0 Å². The fourth-order valence-corrected chi connectivity index (χ4v) is 3.86. The summed E-state index contributed by atoms with van der Waals surface area (Å²) in [6.07, 6.45) is 0. The van der Waals surface area contributed by atoms with E-state index in [0.717, 1.165) is 5.69 Å². The summed E-state index contributed by atoms with van der Waals surface area (Å²) in [4.78, 5) is 15.6. The highest BCUT2D eigenvalue weighted by atomic mass is 32.2. The maximum absolute atomic E-state index is 13.1. The summed E-state index contributed by atoms with van der Waals surface area (Å²) >= 11 is 0. The van der Waals surface area contributed by atoms with Crippen molar-refractivity contribution in [3.8, 4) is 0 Å². The summed E-state index contributed by atoms with van der Waals surface area (Å²) in [6.45, 7) is 3.86. The molecular weight excluding hydrogens is 357 g/mol. The number of hydrogen-bond donors (Lipinski definition) is 1. The maximum atomic E-state index is 13.1. The van der Waals surface area contributed by atoms with E-state index in [4.69, 9.17) is 5.14 Å². The Bertz CT molecular complexity index is 921. The minimum absolute atomic E-state index is 0.0413. The van der Waals surface area contributed by atoms with E-state index in [1.165, 1.54) is 25.1 Å². The van der Waals surface area contributed by atoms with Gasteiger partial charge in [0.05, 0.1) is 5.69 Å². The van der Waals surface area contributed by atoms with Gasteiger partial charge >= 0.3 is 0 Å². The van der Waals surface area contributed by atoms with Crippen LogP contribution in [0.2, 0.25) is 0 Å². The van der Waals surface area contributed by atoms with Gasteiger partial charge in [0.15, 0.2) is 5.78 Å². The molecule has 0 aromatic heterocycles. The lowest BCUT2D eigenvalue weighted by Crippen LogP contribution is -2.47. The number of carbonyl (C=O) groups excluding carboxylic acids is 1. The predicted molar refractivity (Wildman–Crippen MR) is 98.6 cm³/mol. The molecule has 0 amide bonds. The smallest absolute Gasteiger partial charge is 0.240 e. The monoisotopic (exact) mass is 377 g/mol. The van der Waals surface area contributed by atoms with Crippen molar-refractivity contribution < 1.29 is 17.6 Å². The average molecular weight is 377 g/mol. The number of hydrogen-bond acceptors (Lipinski definition) is 5. The summed E-state index contributed by atoms with van der Waals surface area (Å²) in [5, 5.41) is 5.35. The minimum Gasteiger partial charge on any atom is -0.368 e. The summed E-state index contributed by atoms with van der Waals surface area (Å²) < 4.78 is 37.0. The Morgan fingerprint density at radius 1 is 1.00 bits per heavy atom. The van der Waals surface area contributed by atoms with Crippen LogP contribution in [-0.4, -0.2) is 40.4 Å². The number of piperazine rings is 1. The van der Waals surface area contributed by atoms with Crippen LogP contribution in [0.5, 0.6) is 0 Å². The van der Waals surface area contributed by atoms with Crippen molar-refractivity contribution in [1.29, 1.82) is 0 Å². The van der Waals surface area contributed by atoms with Crippen molar-refractivity contribution >= 4 is 27.2 Å². The van der Waals surface area contributed by atoms with Crippen LogP contribution >= 0.6 is 0 Å². The van der Waals surface area contributed by atoms with Crippen LogP contribution < -0.4 is 14.9 Å². The topological polar surface area (TPSA) is 83.7 Å². The summed E-state index contributed by atoms with van der Waals surface area (Å²) in [5.41, 5.74) is 1.73. The number of Topliss-reactive ketones (excluding diaryl/α,β-unsaturated/α-hetero) is 1. The molecule has 0 saturated carbocycles. The van der Waals surface area contributed by atoms with Crippen molar-refractivity contribution in [2.24, 2.45) is 5.14 Å². The summed E-state index contributed by atoms with van der Waals surface area (Å²) in [5.74, 6) is -0.502. The number of anilines is 2. The molecule has 0 spiro atoms. The second-order valence-corrected chi connectivity index (χ2v) is 7.76. The Kier molecular flexibility index (Phi) is 4.97. The number of benzene rings is 2. The van der Waals surface area contributed by atoms with Crippen molar-refractivity contribution in [1.82, 2.24) is 0 Å². The second kappa shape index (κ2) is 7.05. The molecule has 0 atom stereocenters. The molecule has 1 aliphatic rings. The lowest BCUT2D eigenvalue weighted by atomic mass is 10.1. The molecule has 1 aliphatic heterocycles. The zero-order valence-electron chi connectivity index (χ0n) is 14.4. The van der Waals surface area contributed by atoms with Crippen molar-refractivity contribution in [3.63, 3.8) is 0 Å². The first-order valence-electron chi connectivity index (χ1n) is 8.19. The van der Waals surface area contributed by atoms with E-state index in [2.05, 4.69) is 4.90 Å². The highest BCUT2D eigenvalue weighted by molar-refractivity contribution is 7.89. The van der Waals surface area contributed by atoms with Gasteiger partial charge < -0.3 is 9.80 Å². The van der Waals surface area contributed by atoms with Crippen molar-refractivity contribution in [2.75, 3.05) is 36.0 Å². The van der Waals surface area contributed by atoms with Crippen molar-refractivity contribution in [2.45, 2.75) is 11.8 Å². The summed E-state index contributed by atoms with van der Waals surface area (Å²) in [6, 6.07) is 10.9. The standard InChI is InChI=1S/C18H20FN3O3S/c1-13(23)14-2-7-17(18(12-14)26(20,24)25)22-10-8-21(9-11-22)16-5-3-15(19)4-6-16/h2-7,12H,8-11H2,1H3,(H2,20,24,25). The molecule has 2 aromatic rings. The molecule has 1 saturated heterocycles. The van der Waals surface area contributed by atoms with Crippen LogP contribution in [0, 0.1) is 5.82 Å². The largest absolute Gasteiger partial charge is 0.368 e. The molecule has 0 unspecified atom stereocenters. The number of rotatable bonds is 4. The molecule has 26 heavy (non-hydrogen) atoms. The molecule has 1 heterocycles. The number of primary sulfonamides is 1. The number of nitrogens with zero attached hydrogens (tertiary/aromatic N) is 2. The van der Waals surface area contributed by atoms with E-state index in [1.807, 2.05) is 4.90 Å². The van der Waals surface area contributed by atoms with E-state index in [-0.39, 0.29) is 16.5 Å². The van der Waals surface area contributed by atoms with E-state index >= 15 is 0 Å². The first-order valence-corrected chi connectivity index (χ1v) is 9.73. The third-order valence-corrected chi connectivity index (χ3v) is 5.43. The van der Waals surface area contributed by atoms with Gasteiger partial charge in [-0.1, -0.05) is 0 Å². The normalized spacial score (nSPS) is 15.2. The van der Waals surface area contributed by atoms with Crippen LogP contribution in [0.15, 0.2) is 47.4 Å². The number of halogens is 1. The fraction of sp³-hybridized carbons (Fsp3) is 0.278. The molecule has 1 fully saturated rings. The molecular formula is C18H20FN3O3S. The molecule has 6 nitrogen and oxygen atoms in total. The Labute approximate surface area is 152 Å². The maximum Gasteiger partial charge on any atom is 0.240 e. The quantitative estimate of drug-likeness (QED) is 0.824. The van der Waals surface area contributed by atoms with E-state index < -0.39 is 10.0 Å². The van der Waals surface area contributed by atoms with E-state index in [1.54, 1.807) is 24.3 Å². The first-order chi connectivity index (χ1) is 12.3. The predicted octanol–water partition coefficient (Wildman–Crippen LogP) is 2.00. The van der Waals surface area contributed by atoms with E-state index in [9.17, 15) is 17.6 Å². The highest BCUT2D eigenvalue weighted by Gasteiger charge is 2.24. The van der Waals surface area contributed by atoms with Gasteiger partial charge in [0.25, 0.3) is 0 Å². The molecule has 3 rings (SSSR count). The first kappa shape index (κ1) is 18.3. The lowest BCUT2D eigenvalue weighted by Gasteiger charge is -2.38.